The molecule has 0 aromatic heterocycles. The fourth-order valence-electron chi connectivity index (χ4n) is 1.49. The van der Waals surface area contributed by atoms with Crippen LogP contribution in [0.25, 0.3) is 0 Å². The standard InChI is InChI=1S/C12H18BrN/c1-3-5-10(2)9-14-12-7-4-6-11(13)8-12/h4,6-8,10,14H,3,5,9H2,1-2H3. The predicted molar refractivity (Wildman–Crippen MR) is 66.7 cm³/mol. The molecule has 0 aliphatic heterocycles. The van der Waals surface area contributed by atoms with E-state index in [1.54, 1.807) is 0 Å². The van der Waals surface area contributed by atoms with E-state index in [9.17, 15) is 0 Å². The highest BCUT2D eigenvalue weighted by molar-refractivity contribution is 9.10. The molecular formula is C12H18BrN. The van der Waals surface area contributed by atoms with Gasteiger partial charge >= 0.3 is 0 Å². The highest BCUT2D eigenvalue weighted by Gasteiger charge is 2.00. The zero-order valence-electron chi connectivity index (χ0n) is 8.89. The second kappa shape index (κ2) is 6.07. The lowest BCUT2D eigenvalue weighted by Gasteiger charge is -2.12. The van der Waals surface area contributed by atoms with Crippen molar-refractivity contribution in [2.24, 2.45) is 5.92 Å². The van der Waals surface area contributed by atoms with Gasteiger partial charge in [0.2, 0.25) is 0 Å². The molecule has 1 unspecified atom stereocenters. The van der Waals surface area contributed by atoms with Gasteiger partial charge < -0.3 is 5.32 Å². The third-order valence-corrected chi connectivity index (χ3v) is 2.75. The fourth-order valence-corrected chi connectivity index (χ4v) is 1.88. The van der Waals surface area contributed by atoms with Crippen LogP contribution in [0.3, 0.4) is 0 Å². The van der Waals surface area contributed by atoms with Crippen LogP contribution in [-0.4, -0.2) is 6.54 Å². The molecule has 2 heteroatoms. The van der Waals surface area contributed by atoms with E-state index >= 15 is 0 Å². The number of nitrogens with one attached hydrogen (secondary N) is 1. The summed E-state index contributed by atoms with van der Waals surface area (Å²) in [5.74, 6) is 0.749. The van der Waals surface area contributed by atoms with E-state index < -0.39 is 0 Å². The van der Waals surface area contributed by atoms with Gasteiger partial charge in [-0.05, 0) is 30.5 Å². The van der Waals surface area contributed by atoms with Gasteiger partial charge in [0.15, 0.2) is 0 Å². The van der Waals surface area contributed by atoms with Crippen molar-refractivity contribution < 1.29 is 0 Å². The minimum Gasteiger partial charge on any atom is -0.385 e. The van der Waals surface area contributed by atoms with Crippen LogP contribution in [-0.2, 0) is 0 Å². The molecule has 0 saturated carbocycles. The largest absolute Gasteiger partial charge is 0.385 e. The Balaban J connectivity index is 2.37. The van der Waals surface area contributed by atoms with Gasteiger partial charge in [-0.1, -0.05) is 42.3 Å². The van der Waals surface area contributed by atoms with E-state index in [1.807, 2.05) is 6.07 Å². The first-order valence-corrected chi connectivity index (χ1v) is 6.01. The van der Waals surface area contributed by atoms with Gasteiger partial charge in [0, 0.05) is 16.7 Å². The predicted octanol–water partition coefficient (Wildman–Crippen LogP) is 4.30. The molecule has 0 aliphatic carbocycles. The molecule has 0 radical (unpaired) electrons. The van der Waals surface area contributed by atoms with E-state index in [0.717, 1.165) is 16.9 Å². The van der Waals surface area contributed by atoms with Crippen LogP contribution in [0, 0.1) is 5.92 Å². The molecule has 1 atom stereocenters. The molecule has 0 aliphatic rings. The molecule has 0 bridgehead atoms. The van der Waals surface area contributed by atoms with Crippen molar-refractivity contribution in [3.63, 3.8) is 0 Å². The Morgan fingerprint density at radius 2 is 2.21 bits per heavy atom. The molecule has 14 heavy (non-hydrogen) atoms. The first kappa shape index (κ1) is 11.6. The maximum Gasteiger partial charge on any atom is 0.0351 e. The molecule has 78 valence electrons. The van der Waals surface area contributed by atoms with E-state index in [1.165, 1.54) is 18.5 Å². The Bertz CT molecular complexity index is 273. The number of hydrogen-bond donors (Lipinski definition) is 1. The van der Waals surface area contributed by atoms with Gasteiger partial charge in [-0.15, -0.1) is 0 Å². The van der Waals surface area contributed by atoms with Crippen molar-refractivity contribution in [2.45, 2.75) is 26.7 Å². The summed E-state index contributed by atoms with van der Waals surface area (Å²) in [6.07, 6.45) is 2.56. The average molecular weight is 256 g/mol. The Labute approximate surface area is 95.0 Å². The van der Waals surface area contributed by atoms with Crippen LogP contribution < -0.4 is 5.32 Å². The molecule has 0 heterocycles. The highest BCUT2D eigenvalue weighted by atomic mass is 79.9. The lowest BCUT2D eigenvalue weighted by Crippen LogP contribution is -2.10. The van der Waals surface area contributed by atoms with Crippen LogP contribution in [0.5, 0.6) is 0 Å². The summed E-state index contributed by atoms with van der Waals surface area (Å²) in [6.45, 7) is 5.58. The first-order chi connectivity index (χ1) is 6.72. The van der Waals surface area contributed by atoms with Crippen molar-refractivity contribution >= 4 is 21.6 Å². The second-order valence-corrected chi connectivity index (χ2v) is 4.70. The Kier molecular flexibility index (Phi) is 5.02. The van der Waals surface area contributed by atoms with Crippen LogP contribution >= 0.6 is 15.9 Å². The zero-order valence-corrected chi connectivity index (χ0v) is 10.5. The molecule has 0 amide bonds. The van der Waals surface area contributed by atoms with Crippen molar-refractivity contribution in [3.8, 4) is 0 Å². The molecule has 1 rings (SSSR count). The number of benzene rings is 1. The molecule has 0 spiro atoms. The molecule has 1 N–H and O–H groups in total. The van der Waals surface area contributed by atoms with E-state index in [2.05, 4.69) is 53.3 Å². The number of halogens is 1. The van der Waals surface area contributed by atoms with Crippen LogP contribution in [0.2, 0.25) is 0 Å². The Morgan fingerprint density at radius 3 is 2.86 bits per heavy atom. The monoisotopic (exact) mass is 255 g/mol. The third kappa shape index (κ3) is 4.14. The fraction of sp³-hybridized carbons (Fsp3) is 0.500. The van der Waals surface area contributed by atoms with Crippen molar-refractivity contribution in [1.29, 1.82) is 0 Å². The SMILES string of the molecule is CCCC(C)CNc1cccc(Br)c1. The van der Waals surface area contributed by atoms with Crippen LogP contribution in [0.15, 0.2) is 28.7 Å². The van der Waals surface area contributed by atoms with Crippen molar-refractivity contribution in [3.05, 3.63) is 28.7 Å². The zero-order chi connectivity index (χ0) is 10.4. The second-order valence-electron chi connectivity index (χ2n) is 3.79. The van der Waals surface area contributed by atoms with Gasteiger partial charge in [-0.2, -0.15) is 0 Å². The van der Waals surface area contributed by atoms with Gasteiger partial charge in [0.1, 0.15) is 0 Å². The summed E-state index contributed by atoms with van der Waals surface area (Å²) >= 11 is 3.46. The van der Waals surface area contributed by atoms with Gasteiger partial charge in [0.05, 0.1) is 0 Å². The number of hydrogen-bond acceptors (Lipinski definition) is 1. The smallest absolute Gasteiger partial charge is 0.0351 e. The number of anilines is 1. The van der Waals surface area contributed by atoms with E-state index in [0.29, 0.717) is 0 Å². The van der Waals surface area contributed by atoms with Crippen molar-refractivity contribution in [2.75, 3.05) is 11.9 Å². The maximum absolute atomic E-state index is 3.46. The summed E-state index contributed by atoms with van der Waals surface area (Å²) in [6, 6.07) is 8.31. The molecule has 0 saturated heterocycles. The van der Waals surface area contributed by atoms with E-state index in [-0.39, 0.29) is 0 Å². The minimum absolute atomic E-state index is 0.749. The lowest BCUT2D eigenvalue weighted by molar-refractivity contribution is 0.551. The van der Waals surface area contributed by atoms with Crippen LogP contribution in [0.1, 0.15) is 26.7 Å². The molecular weight excluding hydrogens is 238 g/mol. The maximum atomic E-state index is 3.46. The quantitative estimate of drug-likeness (QED) is 0.828. The van der Waals surface area contributed by atoms with E-state index in [4.69, 9.17) is 0 Å². The van der Waals surface area contributed by atoms with Crippen molar-refractivity contribution in [1.82, 2.24) is 0 Å². The molecule has 1 aromatic carbocycles. The summed E-state index contributed by atoms with van der Waals surface area (Å²) < 4.78 is 1.13. The topological polar surface area (TPSA) is 12.0 Å². The third-order valence-electron chi connectivity index (χ3n) is 2.26. The molecule has 1 aromatic rings. The molecule has 1 nitrogen and oxygen atoms in total. The molecule has 0 fully saturated rings. The Hall–Kier alpha value is -0.500. The summed E-state index contributed by atoms with van der Waals surface area (Å²) in [7, 11) is 0. The number of rotatable bonds is 5. The van der Waals surface area contributed by atoms with Gasteiger partial charge in [-0.3, -0.25) is 0 Å². The van der Waals surface area contributed by atoms with Crippen LogP contribution in [0.4, 0.5) is 5.69 Å². The summed E-state index contributed by atoms with van der Waals surface area (Å²) in [4.78, 5) is 0. The lowest BCUT2D eigenvalue weighted by atomic mass is 10.1. The van der Waals surface area contributed by atoms with Gasteiger partial charge in [0.25, 0.3) is 0 Å². The summed E-state index contributed by atoms with van der Waals surface area (Å²) in [5.41, 5.74) is 1.20. The summed E-state index contributed by atoms with van der Waals surface area (Å²) in [5, 5.41) is 3.44. The minimum atomic E-state index is 0.749. The van der Waals surface area contributed by atoms with Gasteiger partial charge in [-0.25, -0.2) is 0 Å². The normalized spacial score (nSPS) is 12.5. The Morgan fingerprint density at radius 1 is 1.43 bits per heavy atom. The first-order valence-electron chi connectivity index (χ1n) is 5.21. The highest BCUT2D eigenvalue weighted by Crippen LogP contribution is 2.16. The average Bonchev–Trinajstić information content (AvgIpc) is 2.15.